The Balaban J connectivity index is 2.92. The third kappa shape index (κ3) is 2.05. The van der Waals surface area contributed by atoms with Gasteiger partial charge in [0.1, 0.15) is 0 Å². The number of hydrogen-bond donors (Lipinski definition) is 1. The Bertz CT molecular complexity index is 243. The highest BCUT2D eigenvalue weighted by atomic mass is 14.7. The molecule has 0 bridgehead atoms. The van der Waals surface area contributed by atoms with E-state index in [9.17, 15) is 0 Å². The molecule has 0 radical (unpaired) electrons. The summed E-state index contributed by atoms with van der Waals surface area (Å²) in [6.07, 6.45) is 2.77. The van der Waals surface area contributed by atoms with Gasteiger partial charge < -0.3 is 5.73 Å². The Morgan fingerprint density at radius 2 is 2.25 bits per heavy atom. The molecule has 0 unspecified atom stereocenters. The van der Waals surface area contributed by atoms with Gasteiger partial charge in [0.2, 0.25) is 0 Å². The highest BCUT2D eigenvalue weighted by Gasteiger charge is 2.05. The van der Waals surface area contributed by atoms with Crippen molar-refractivity contribution in [3.05, 3.63) is 29.6 Å². The standard InChI is InChI=1S/C10H16N2/c1-8(2)10-9(5-6-11)4-3-7-12-10/h3-4,7-8H,5-6,11H2,1-2H3. The summed E-state index contributed by atoms with van der Waals surface area (Å²) in [6.45, 7) is 5.01. The predicted octanol–water partition coefficient (Wildman–Crippen LogP) is 1.71. The van der Waals surface area contributed by atoms with Crippen LogP contribution in [0, 0.1) is 0 Å². The van der Waals surface area contributed by atoms with E-state index in [4.69, 9.17) is 5.73 Å². The Hall–Kier alpha value is -0.890. The molecule has 1 rings (SSSR count). The zero-order valence-corrected chi connectivity index (χ0v) is 7.75. The smallest absolute Gasteiger partial charge is 0.0461 e. The minimum atomic E-state index is 0.493. The monoisotopic (exact) mass is 164 g/mol. The van der Waals surface area contributed by atoms with Crippen LogP contribution >= 0.6 is 0 Å². The van der Waals surface area contributed by atoms with E-state index in [0.29, 0.717) is 12.5 Å². The van der Waals surface area contributed by atoms with Crippen molar-refractivity contribution < 1.29 is 0 Å². The second-order valence-corrected chi connectivity index (χ2v) is 3.24. The third-order valence-corrected chi connectivity index (χ3v) is 1.89. The largest absolute Gasteiger partial charge is 0.330 e. The molecule has 0 amide bonds. The lowest BCUT2D eigenvalue weighted by molar-refractivity contribution is 0.790. The minimum Gasteiger partial charge on any atom is -0.330 e. The average Bonchev–Trinajstić information content (AvgIpc) is 2.05. The van der Waals surface area contributed by atoms with Crippen LogP contribution in [0.5, 0.6) is 0 Å². The number of nitrogens with zero attached hydrogens (tertiary/aromatic N) is 1. The summed E-state index contributed by atoms with van der Waals surface area (Å²) in [5.74, 6) is 0.493. The Morgan fingerprint density at radius 3 is 2.83 bits per heavy atom. The molecule has 1 heterocycles. The van der Waals surface area contributed by atoms with Gasteiger partial charge in [0.05, 0.1) is 0 Å². The van der Waals surface area contributed by atoms with Gasteiger partial charge in [-0.15, -0.1) is 0 Å². The van der Waals surface area contributed by atoms with Gasteiger partial charge in [-0.25, -0.2) is 0 Å². The summed E-state index contributed by atoms with van der Waals surface area (Å²) in [7, 11) is 0. The van der Waals surface area contributed by atoms with E-state index in [-0.39, 0.29) is 0 Å². The fraction of sp³-hybridized carbons (Fsp3) is 0.500. The predicted molar refractivity (Wildman–Crippen MR) is 51.1 cm³/mol. The highest BCUT2D eigenvalue weighted by molar-refractivity contribution is 5.22. The summed E-state index contributed by atoms with van der Waals surface area (Å²) < 4.78 is 0. The van der Waals surface area contributed by atoms with Crippen LogP contribution in [0.15, 0.2) is 18.3 Å². The van der Waals surface area contributed by atoms with Crippen LogP contribution < -0.4 is 5.73 Å². The van der Waals surface area contributed by atoms with Gasteiger partial charge >= 0.3 is 0 Å². The summed E-state index contributed by atoms with van der Waals surface area (Å²) in [6, 6.07) is 4.08. The Labute approximate surface area is 73.8 Å². The minimum absolute atomic E-state index is 0.493. The van der Waals surface area contributed by atoms with Crippen LogP contribution in [0.3, 0.4) is 0 Å². The number of pyridine rings is 1. The van der Waals surface area contributed by atoms with Crippen molar-refractivity contribution in [2.75, 3.05) is 6.54 Å². The molecule has 0 atom stereocenters. The first kappa shape index (κ1) is 9.20. The molecule has 1 aromatic rings. The summed E-state index contributed by atoms with van der Waals surface area (Å²) in [5, 5.41) is 0. The van der Waals surface area contributed by atoms with Crippen LogP contribution in [0.4, 0.5) is 0 Å². The molecular weight excluding hydrogens is 148 g/mol. The third-order valence-electron chi connectivity index (χ3n) is 1.89. The van der Waals surface area contributed by atoms with E-state index in [1.165, 1.54) is 11.3 Å². The lowest BCUT2D eigenvalue weighted by Gasteiger charge is -2.09. The molecule has 66 valence electrons. The van der Waals surface area contributed by atoms with E-state index in [1.54, 1.807) is 0 Å². The van der Waals surface area contributed by atoms with Gasteiger partial charge in [-0.1, -0.05) is 19.9 Å². The van der Waals surface area contributed by atoms with E-state index < -0.39 is 0 Å². The molecular formula is C10H16N2. The van der Waals surface area contributed by atoms with E-state index in [0.717, 1.165) is 6.42 Å². The fourth-order valence-electron chi connectivity index (χ4n) is 1.34. The van der Waals surface area contributed by atoms with Gasteiger partial charge in [-0.2, -0.15) is 0 Å². The second-order valence-electron chi connectivity index (χ2n) is 3.24. The average molecular weight is 164 g/mol. The molecule has 2 nitrogen and oxygen atoms in total. The normalized spacial score (nSPS) is 10.7. The maximum atomic E-state index is 5.50. The first-order valence-electron chi connectivity index (χ1n) is 4.39. The second kappa shape index (κ2) is 4.21. The zero-order chi connectivity index (χ0) is 8.97. The molecule has 0 aliphatic carbocycles. The molecule has 12 heavy (non-hydrogen) atoms. The fourth-order valence-corrected chi connectivity index (χ4v) is 1.34. The van der Waals surface area contributed by atoms with Crippen LogP contribution in [-0.4, -0.2) is 11.5 Å². The van der Waals surface area contributed by atoms with Crippen molar-refractivity contribution in [1.82, 2.24) is 4.98 Å². The lowest BCUT2D eigenvalue weighted by Crippen LogP contribution is -2.07. The van der Waals surface area contributed by atoms with Crippen molar-refractivity contribution in [1.29, 1.82) is 0 Å². The van der Waals surface area contributed by atoms with Crippen LogP contribution in [0.25, 0.3) is 0 Å². The molecule has 2 N–H and O–H groups in total. The lowest BCUT2D eigenvalue weighted by atomic mass is 10.0. The van der Waals surface area contributed by atoms with Crippen molar-refractivity contribution in [2.24, 2.45) is 5.73 Å². The first-order valence-corrected chi connectivity index (χ1v) is 4.39. The Morgan fingerprint density at radius 1 is 1.50 bits per heavy atom. The quantitative estimate of drug-likeness (QED) is 0.738. The molecule has 2 heteroatoms. The number of aromatic nitrogens is 1. The number of hydrogen-bond acceptors (Lipinski definition) is 2. The molecule has 0 saturated carbocycles. The Kier molecular flexibility index (Phi) is 3.23. The van der Waals surface area contributed by atoms with E-state index >= 15 is 0 Å². The molecule has 0 spiro atoms. The summed E-state index contributed by atoms with van der Waals surface area (Å²) in [4.78, 5) is 4.34. The topological polar surface area (TPSA) is 38.9 Å². The summed E-state index contributed by atoms with van der Waals surface area (Å²) >= 11 is 0. The molecule has 0 fully saturated rings. The van der Waals surface area contributed by atoms with Crippen LogP contribution in [0.1, 0.15) is 31.0 Å². The highest BCUT2D eigenvalue weighted by Crippen LogP contribution is 2.16. The molecule has 1 aromatic heterocycles. The van der Waals surface area contributed by atoms with Gasteiger partial charge in [0.25, 0.3) is 0 Å². The van der Waals surface area contributed by atoms with Gasteiger partial charge in [0, 0.05) is 11.9 Å². The first-order chi connectivity index (χ1) is 5.75. The van der Waals surface area contributed by atoms with E-state index in [2.05, 4.69) is 24.9 Å². The molecule has 0 saturated heterocycles. The van der Waals surface area contributed by atoms with Crippen LogP contribution in [0.2, 0.25) is 0 Å². The summed E-state index contributed by atoms with van der Waals surface area (Å²) in [5.41, 5.74) is 7.97. The van der Waals surface area contributed by atoms with Gasteiger partial charge in [-0.3, -0.25) is 4.98 Å². The van der Waals surface area contributed by atoms with Crippen molar-refractivity contribution in [3.63, 3.8) is 0 Å². The molecule has 0 aromatic carbocycles. The maximum Gasteiger partial charge on any atom is 0.0461 e. The molecule has 0 aliphatic heterocycles. The van der Waals surface area contributed by atoms with Crippen molar-refractivity contribution in [3.8, 4) is 0 Å². The SMILES string of the molecule is CC(C)c1ncccc1CCN. The van der Waals surface area contributed by atoms with E-state index in [1.807, 2.05) is 12.3 Å². The van der Waals surface area contributed by atoms with Crippen molar-refractivity contribution in [2.45, 2.75) is 26.2 Å². The molecule has 0 aliphatic rings. The van der Waals surface area contributed by atoms with Crippen molar-refractivity contribution >= 4 is 0 Å². The number of rotatable bonds is 3. The van der Waals surface area contributed by atoms with Gasteiger partial charge in [0.15, 0.2) is 0 Å². The zero-order valence-electron chi connectivity index (χ0n) is 7.75. The van der Waals surface area contributed by atoms with Gasteiger partial charge in [-0.05, 0) is 30.5 Å². The van der Waals surface area contributed by atoms with Crippen LogP contribution in [-0.2, 0) is 6.42 Å². The number of nitrogens with two attached hydrogens (primary N) is 1. The maximum absolute atomic E-state index is 5.50.